The molecule has 0 saturated heterocycles. The summed E-state index contributed by atoms with van der Waals surface area (Å²) in [5, 5.41) is 8.07. The molecule has 0 spiro atoms. The molecule has 0 radical (unpaired) electrons. The van der Waals surface area contributed by atoms with E-state index < -0.39 is 5.91 Å². The molecule has 0 atom stereocenters. The largest absolute Gasteiger partial charge is 0.366 e. The van der Waals surface area contributed by atoms with Crippen LogP contribution in [0, 0.1) is 0 Å². The highest BCUT2D eigenvalue weighted by molar-refractivity contribution is 6.34. The van der Waals surface area contributed by atoms with E-state index in [1.54, 1.807) is 23.0 Å². The topological polar surface area (TPSA) is 103 Å². The van der Waals surface area contributed by atoms with Crippen LogP contribution in [0.5, 0.6) is 0 Å². The Morgan fingerprint density at radius 1 is 1.14 bits per heavy atom. The van der Waals surface area contributed by atoms with Crippen LogP contribution in [-0.2, 0) is 0 Å². The number of rotatable bonds is 5. The summed E-state index contributed by atoms with van der Waals surface area (Å²) in [6, 6.07) is 6.47. The predicted molar refractivity (Wildman–Crippen MR) is 110 cm³/mol. The number of anilines is 1. The zero-order valence-electron chi connectivity index (χ0n) is 16.2. The first-order valence-electron chi connectivity index (χ1n) is 8.98. The van der Waals surface area contributed by atoms with Crippen LogP contribution in [-0.4, -0.2) is 26.6 Å². The second-order valence-electron chi connectivity index (χ2n) is 7.18. The fraction of sp³-hybridized carbons (Fsp3) is 0.300. The van der Waals surface area contributed by atoms with Crippen molar-refractivity contribution in [3.8, 4) is 0 Å². The van der Waals surface area contributed by atoms with Gasteiger partial charge in [-0.2, -0.15) is 5.10 Å². The van der Waals surface area contributed by atoms with Crippen molar-refractivity contribution in [1.82, 2.24) is 14.8 Å². The van der Waals surface area contributed by atoms with Crippen LogP contribution in [0.25, 0.3) is 11.0 Å². The molecule has 0 aliphatic rings. The van der Waals surface area contributed by atoms with Gasteiger partial charge in [0.05, 0.1) is 27.7 Å². The minimum absolute atomic E-state index is 0.114. The molecule has 0 unspecified atom stereocenters. The first-order chi connectivity index (χ1) is 13.2. The average Bonchev–Trinajstić information content (AvgIpc) is 3.04. The molecule has 3 N–H and O–H groups in total. The summed E-state index contributed by atoms with van der Waals surface area (Å²) in [5.41, 5.74) is 7.89. The molecule has 2 aromatic heterocycles. The van der Waals surface area contributed by atoms with Crippen molar-refractivity contribution in [2.45, 2.75) is 39.7 Å². The van der Waals surface area contributed by atoms with E-state index in [0.717, 1.165) is 5.69 Å². The molecular formula is C20H22ClN5O2. The summed E-state index contributed by atoms with van der Waals surface area (Å²) in [6.07, 6.45) is 1.66. The highest BCUT2D eigenvalue weighted by Gasteiger charge is 2.19. The maximum absolute atomic E-state index is 13.0. The number of fused-ring (bicyclic) bond motifs is 1. The molecule has 0 aliphatic carbocycles. The van der Waals surface area contributed by atoms with Gasteiger partial charge in [-0.1, -0.05) is 25.4 Å². The van der Waals surface area contributed by atoms with E-state index in [1.165, 1.54) is 12.1 Å². The lowest BCUT2D eigenvalue weighted by Crippen LogP contribution is -2.15. The van der Waals surface area contributed by atoms with Crippen LogP contribution in [0.4, 0.5) is 5.69 Å². The molecule has 0 fully saturated rings. The first-order valence-corrected chi connectivity index (χ1v) is 9.35. The SMILES string of the molecule is CC(C)c1cc(C(=O)Nc2ccc(C(N)=O)c(Cl)c2)c2cnn(C(C)C)c2n1. The van der Waals surface area contributed by atoms with Crippen molar-refractivity contribution in [2.24, 2.45) is 5.73 Å². The normalized spacial score (nSPS) is 11.4. The van der Waals surface area contributed by atoms with Crippen LogP contribution < -0.4 is 11.1 Å². The van der Waals surface area contributed by atoms with Crippen molar-refractivity contribution in [2.75, 3.05) is 5.32 Å². The zero-order chi connectivity index (χ0) is 20.6. The Labute approximate surface area is 167 Å². The lowest BCUT2D eigenvalue weighted by Gasteiger charge is -2.13. The molecule has 28 heavy (non-hydrogen) atoms. The number of halogens is 1. The number of hydrogen-bond acceptors (Lipinski definition) is 4. The summed E-state index contributed by atoms with van der Waals surface area (Å²) in [5.74, 6) is -0.780. The molecule has 8 heteroatoms. The van der Waals surface area contributed by atoms with Crippen molar-refractivity contribution in [3.63, 3.8) is 0 Å². The van der Waals surface area contributed by atoms with Gasteiger partial charge in [-0.25, -0.2) is 9.67 Å². The summed E-state index contributed by atoms with van der Waals surface area (Å²) in [6.45, 7) is 8.07. The summed E-state index contributed by atoms with van der Waals surface area (Å²) in [7, 11) is 0. The Morgan fingerprint density at radius 3 is 2.43 bits per heavy atom. The third kappa shape index (κ3) is 3.71. The Balaban J connectivity index is 2.03. The number of carbonyl (C=O) groups is 2. The molecule has 7 nitrogen and oxygen atoms in total. The number of hydrogen-bond donors (Lipinski definition) is 2. The highest BCUT2D eigenvalue weighted by Crippen LogP contribution is 2.26. The lowest BCUT2D eigenvalue weighted by molar-refractivity contribution is 0.0998. The Kier molecular flexibility index (Phi) is 5.38. The second-order valence-corrected chi connectivity index (χ2v) is 7.59. The number of amides is 2. The number of nitrogens with two attached hydrogens (primary N) is 1. The third-order valence-corrected chi connectivity index (χ3v) is 4.72. The van der Waals surface area contributed by atoms with Gasteiger partial charge in [0.2, 0.25) is 5.91 Å². The summed E-state index contributed by atoms with van der Waals surface area (Å²) < 4.78 is 1.80. The number of nitrogens with one attached hydrogen (secondary N) is 1. The van der Waals surface area contributed by atoms with Crippen LogP contribution in [0.15, 0.2) is 30.5 Å². The molecule has 2 amide bonds. The Hall–Kier alpha value is -2.93. The standard InChI is InChI=1S/C20H22ClN5O2/c1-10(2)17-8-14(15-9-23-26(11(3)4)19(15)25-17)20(28)24-12-5-6-13(18(22)27)16(21)7-12/h5-11H,1-4H3,(H2,22,27)(H,24,28). The van der Waals surface area contributed by atoms with E-state index in [-0.39, 0.29) is 28.5 Å². The monoisotopic (exact) mass is 399 g/mol. The maximum Gasteiger partial charge on any atom is 0.256 e. The van der Waals surface area contributed by atoms with Gasteiger partial charge in [-0.05, 0) is 44.0 Å². The molecular weight excluding hydrogens is 378 g/mol. The number of pyridine rings is 1. The van der Waals surface area contributed by atoms with Gasteiger partial charge in [0.1, 0.15) is 0 Å². The fourth-order valence-corrected chi connectivity index (χ4v) is 3.16. The van der Waals surface area contributed by atoms with Gasteiger partial charge in [0, 0.05) is 17.4 Å². The number of benzene rings is 1. The maximum atomic E-state index is 13.0. The lowest BCUT2D eigenvalue weighted by atomic mass is 10.0. The number of nitrogens with zero attached hydrogens (tertiary/aromatic N) is 3. The van der Waals surface area contributed by atoms with Crippen molar-refractivity contribution < 1.29 is 9.59 Å². The molecule has 0 saturated carbocycles. The van der Waals surface area contributed by atoms with Gasteiger partial charge in [0.15, 0.2) is 5.65 Å². The van der Waals surface area contributed by atoms with Crippen molar-refractivity contribution in [1.29, 1.82) is 0 Å². The molecule has 1 aromatic carbocycles. The molecule has 2 heterocycles. The van der Waals surface area contributed by atoms with E-state index in [1.807, 2.05) is 27.7 Å². The van der Waals surface area contributed by atoms with Gasteiger partial charge in [-0.3, -0.25) is 9.59 Å². The average molecular weight is 400 g/mol. The Bertz CT molecular complexity index is 1070. The van der Waals surface area contributed by atoms with Gasteiger partial charge < -0.3 is 11.1 Å². The van der Waals surface area contributed by atoms with Gasteiger partial charge in [0.25, 0.3) is 5.91 Å². The first kappa shape index (κ1) is 19.8. The van der Waals surface area contributed by atoms with Crippen LogP contribution in [0.3, 0.4) is 0 Å². The van der Waals surface area contributed by atoms with Crippen LogP contribution >= 0.6 is 11.6 Å². The molecule has 3 aromatic rings. The molecule has 0 bridgehead atoms. The third-order valence-electron chi connectivity index (χ3n) is 4.40. The summed E-state index contributed by atoms with van der Waals surface area (Å²) in [4.78, 5) is 29.0. The molecule has 0 aliphatic heterocycles. The van der Waals surface area contributed by atoms with Gasteiger partial charge in [-0.15, -0.1) is 0 Å². The minimum atomic E-state index is -0.624. The van der Waals surface area contributed by atoms with Crippen molar-refractivity contribution >= 4 is 40.1 Å². The van der Waals surface area contributed by atoms with E-state index in [2.05, 4.69) is 10.4 Å². The number of aromatic nitrogens is 3. The van der Waals surface area contributed by atoms with E-state index >= 15 is 0 Å². The number of carbonyl (C=O) groups excluding carboxylic acids is 2. The smallest absolute Gasteiger partial charge is 0.256 e. The van der Waals surface area contributed by atoms with E-state index in [4.69, 9.17) is 22.3 Å². The fourth-order valence-electron chi connectivity index (χ4n) is 2.89. The van der Waals surface area contributed by atoms with E-state index in [9.17, 15) is 9.59 Å². The van der Waals surface area contributed by atoms with Gasteiger partial charge >= 0.3 is 0 Å². The van der Waals surface area contributed by atoms with Crippen molar-refractivity contribution in [3.05, 3.63) is 52.3 Å². The quantitative estimate of drug-likeness (QED) is 0.672. The second kappa shape index (κ2) is 7.59. The summed E-state index contributed by atoms with van der Waals surface area (Å²) >= 11 is 6.08. The van der Waals surface area contributed by atoms with Crippen LogP contribution in [0.1, 0.15) is 66.1 Å². The predicted octanol–water partition coefficient (Wildman–Crippen LogP) is 4.14. The highest BCUT2D eigenvalue weighted by atomic mass is 35.5. The molecule has 3 rings (SSSR count). The zero-order valence-corrected chi connectivity index (χ0v) is 16.9. The van der Waals surface area contributed by atoms with Crippen LogP contribution in [0.2, 0.25) is 5.02 Å². The molecule has 146 valence electrons. The number of primary amides is 1. The minimum Gasteiger partial charge on any atom is -0.366 e. The van der Waals surface area contributed by atoms with E-state index in [0.29, 0.717) is 22.3 Å². The Morgan fingerprint density at radius 2 is 1.86 bits per heavy atom.